The number of aromatic nitrogens is 2. The first-order valence-corrected chi connectivity index (χ1v) is 6.95. The first-order valence-electron chi connectivity index (χ1n) is 5.59. The average Bonchev–Trinajstić information content (AvgIpc) is 2.84. The molecule has 0 N–H and O–H groups in total. The summed E-state index contributed by atoms with van der Waals surface area (Å²) >= 11 is 0. The van der Waals surface area contributed by atoms with Crippen LogP contribution in [0.25, 0.3) is 11.0 Å². The maximum absolute atomic E-state index is 12.2. The van der Waals surface area contributed by atoms with Crippen molar-refractivity contribution >= 4 is 21.3 Å². The molecule has 0 spiro atoms. The van der Waals surface area contributed by atoms with Crippen molar-refractivity contribution < 1.29 is 65.4 Å². The number of fused-ring (bicyclic) bond motifs is 1. The summed E-state index contributed by atoms with van der Waals surface area (Å²) in [6.45, 7) is 0. The van der Waals surface area contributed by atoms with Crippen molar-refractivity contribution in [1.82, 2.24) is 8.96 Å². The second kappa shape index (κ2) is 6.38. The van der Waals surface area contributed by atoms with Crippen LogP contribution in [-0.4, -0.2) is 17.4 Å². The van der Waals surface area contributed by atoms with Crippen LogP contribution < -0.4 is 55.6 Å². The molecule has 5 nitrogen and oxygen atoms in total. The van der Waals surface area contributed by atoms with E-state index in [4.69, 9.17) is 4.18 Å². The minimum absolute atomic E-state index is 0. The SMILES string of the molecule is O=S(=O)(Oc1ccccc1)n1cnc2ccccc21.[H-].[K+]. The second-order valence-corrected chi connectivity index (χ2v) is 5.30. The van der Waals surface area contributed by atoms with Crippen LogP contribution in [0.1, 0.15) is 1.43 Å². The van der Waals surface area contributed by atoms with E-state index in [-0.39, 0.29) is 58.6 Å². The van der Waals surface area contributed by atoms with E-state index in [1.165, 1.54) is 6.33 Å². The summed E-state index contributed by atoms with van der Waals surface area (Å²) < 4.78 is 30.4. The molecule has 0 aliphatic carbocycles. The maximum Gasteiger partial charge on any atom is 1.00 e. The quantitative estimate of drug-likeness (QED) is 0.601. The molecule has 98 valence electrons. The van der Waals surface area contributed by atoms with Crippen LogP contribution in [0.3, 0.4) is 0 Å². The average molecular weight is 314 g/mol. The minimum Gasteiger partial charge on any atom is -1.00 e. The summed E-state index contributed by atoms with van der Waals surface area (Å²) in [6, 6.07) is 15.3. The standard InChI is InChI=1S/C13H10N2O3S.K.H/c16-19(17,18-11-6-2-1-3-7-11)15-10-14-12-8-4-5-9-13(12)15;;/h1-10H;;/q;+1;-1. The number of hydrogen-bond acceptors (Lipinski definition) is 4. The van der Waals surface area contributed by atoms with Gasteiger partial charge in [0.1, 0.15) is 12.1 Å². The van der Waals surface area contributed by atoms with Crippen molar-refractivity contribution in [2.45, 2.75) is 0 Å². The number of rotatable bonds is 3. The molecule has 3 rings (SSSR count). The van der Waals surface area contributed by atoms with Gasteiger partial charge in [0.15, 0.2) is 0 Å². The molecule has 0 amide bonds. The van der Waals surface area contributed by atoms with Gasteiger partial charge in [-0.25, -0.2) is 4.98 Å². The van der Waals surface area contributed by atoms with Crippen molar-refractivity contribution in [3.63, 3.8) is 0 Å². The number of benzene rings is 2. The number of hydrogen-bond donors (Lipinski definition) is 0. The summed E-state index contributed by atoms with van der Waals surface area (Å²) in [5.74, 6) is 0.264. The van der Waals surface area contributed by atoms with E-state index in [1.807, 2.05) is 0 Å². The molecule has 0 fully saturated rings. The van der Waals surface area contributed by atoms with Crippen molar-refractivity contribution in [2.24, 2.45) is 0 Å². The molecule has 1 heterocycles. The van der Waals surface area contributed by atoms with Gasteiger partial charge in [-0.2, -0.15) is 12.4 Å². The molecule has 0 radical (unpaired) electrons. The molecule has 0 aliphatic rings. The first-order chi connectivity index (χ1) is 9.17. The molecule has 0 saturated carbocycles. The first kappa shape index (κ1) is 15.7. The van der Waals surface area contributed by atoms with Crippen LogP contribution in [-0.2, 0) is 10.3 Å². The van der Waals surface area contributed by atoms with E-state index in [9.17, 15) is 8.42 Å². The van der Waals surface area contributed by atoms with Gasteiger partial charge in [-0.3, -0.25) is 0 Å². The maximum atomic E-state index is 12.2. The van der Waals surface area contributed by atoms with Crippen LogP contribution in [0.4, 0.5) is 0 Å². The largest absolute Gasteiger partial charge is 1.00 e. The van der Waals surface area contributed by atoms with E-state index in [0.29, 0.717) is 11.0 Å². The smallest absolute Gasteiger partial charge is 1.00 e. The molecule has 20 heavy (non-hydrogen) atoms. The Hall–Kier alpha value is -0.704. The van der Waals surface area contributed by atoms with Crippen molar-refractivity contribution in [1.29, 1.82) is 0 Å². The van der Waals surface area contributed by atoms with E-state index in [1.54, 1.807) is 54.6 Å². The van der Waals surface area contributed by atoms with Crippen molar-refractivity contribution in [3.8, 4) is 5.75 Å². The fourth-order valence-electron chi connectivity index (χ4n) is 1.75. The normalized spacial score (nSPS) is 11.0. The third kappa shape index (κ3) is 3.13. The molecule has 0 saturated heterocycles. The Morgan fingerprint density at radius 3 is 2.40 bits per heavy atom. The Kier molecular flexibility index (Phi) is 5.00. The monoisotopic (exact) mass is 314 g/mol. The number of nitrogens with zero attached hydrogens (tertiary/aromatic N) is 2. The van der Waals surface area contributed by atoms with Gasteiger partial charge in [0.25, 0.3) is 0 Å². The molecular weight excluding hydrogens is 303 g/mol. The van der Waals surface area contributed by atoms with Crippen LogP contribution in [0.5, 0.6) is 5.75 Å². The Balaban J connectivity index is 0.00000110. The summed E-state index contributed by atoms with van der Waals surface area (Å²) in [4.78, 5) is 4.03. The summed E-state index contributed by atoms with van der Waals surface area (Å²) in [5, 5.41) is 0. The molecule has 3 aromatic rings. The fraction of sp³-hybridized carbons (Fsp3) is 0. The zero-order valence-corrected chi connectivity index (χ0v) is 14.7. The number of imidazole rings is 1. The predicted octanol–water partition coefficient (Wildman–Crippen LogP) is -0.675. The minimum atomic E-state index is -3.94. The molecule has 2 aromatic carbocycles. The van der Waals surface area contributed by atoms with Crippen LogP contribution in [0, 0.1) is 0 Å². The Bertz CT molecular complexity index is 822. The fourth-order valence-corrected chi connectivity index (χ4v) is 2.75. The van der Waals surface area contributed by atoms with Gasteiger partial charge in [0, 0.05) is 0 Å². The summed E-state index contributed by atoms with van der Waals surface area (Å²) in [5.41, 5.74) is 1.08. The van der Waals surface area contributed by atoms with Crippen LogP contribution >= 0.6 is 0 Å². The van der Waals surface area contributed by atoms with Crippen molar-refractivity contribution in [2.75, 3.05) is 0 Å². The Labute approximate surface area is 160 Å². The van der Waals surface area contributed by atoms with Gasteiger partial charge >= 0.3 is 61.7 Å². The van der Waals surface area contributed by atoms with Crippen LogP contribution in [0.15, 0.2) is 60.9 Å². The predicted molar refractivity (Wildman–Crippen MR) is 72.2 cm³/mol. The molecule has 0 unspecified atom stereocenters. The Morgan fingerprint density at radius 1 is 1.00 bits per heavy atom. The van der Waals surface area contributed by atoms with Gasteiger partial charge in [0.05, 0.1) is 11.0 Å². The van der Waals surface area contributed by atoms with Gasteiger partial charge < -0.3 is 5.61 Å². The van der Waals surface area contributed by atoms with Gasteiger partial charge in [-0.1, -0.05) is 30.3 Å². The number of para-hydroxylation sites is 3. The van der Waals surface area contributed by atoms with Gasteiger partial charge in [-0.05, 0) is 24.3 Å². The molecule has 0 aliphatic heterocycles. The van der Waals surface area contributed by atoms with Crippen LogP contribution in [0.2, 0.25) is 0 Å². The summed E-state index contributed by atoms with van der Waals surface area (Å²) in [7, 11) is -3.94. The molecular formula is C13H11KN2O3S. The van der Waals surface area contributed by atoms with E-state index in [2.05, 4.69) is 4.98 Å². The van der Waals surface area contributed by atoms with Crippen molar-refractivity contribution in [3.05, 3.63) is 60.9 Å². The zero-order chi connectivity index (χ0) is 13.3. The van der Waals surface area contributed by atoms with E-state index < -0.39 is 10.3 Å². The van der Waals surface area contributed by atoms with E-state index >= 15 is 0 Å². The third-order valence-corrected chi connectivity index (χ3v) is 3.78. The molecule has 7 heteroatoms. The molecule has 0 bridgehead atoms. The molecule has 1 aromatic heterocycles. The third-order valence-electron chi connectivity index (χ3n) is 2.61. The van der Waals surface area contributed by atoms with E-state index in [0.717, 1.165) is 3.97 Å². The molecule has 0 atom stereocenters. The topological polar surface area (TPSA) is 61.2 Å². The zero-order valence-electron chi connectivity index (χ0n) is 11.8. The van der Waals surface area contributed by atoms with Gasteiger partial charge in [0.2, 0.25) is 0 Å². The summed E-state index contributed by atoms with van der Waals surface area (Å²) in [6.07, 6.45) is 1.24. The second-order valence-electron chi connectivity index (χ2n) is 3.88. The van der Waals surface area contributed by atoms with Gasteiger partial charge in [-0.15, -0.1) is 0 Å². The Morgan fingerprint density at radius 2 is 1.65 bits per heavy atom.